The molecule has 4 heteroatoms. The number of hydrogen-bond donors (Lipinski definition) is 1. The smallest absolute Gasteiger partial charge is 0.220 e. The van der Waals surface area contributed by atoms with Gasteiger partial charge < -0.3 is 5.32 Å². The van der Waals surface area contributed by atoms with Crippen LogP contribution in [0.15, 0.2) is 35.3 Å². The predicted octanol–water partition coefficient (Wildman–Crippen LogP) is 9.37. The molecule has 39 heavy (non-hydrogen) atoms. The van der Waals surface area contributed by atoms with E-state index >= 15 is 0 Å². The van der Waals surface area contributed by atoms with Crippen LogP contribution in [0.1, 0.15) is 148 Å². The Bertz CT molecular complexity index is 762. The van der Waals surface area contributed by atoms with Crippen LogP contribution in [0.3, 0.4) is 0 Å². The van der Waals surface area contributed by atoms with Crippen molar-refractivity contribution in [2.75, 3.05) is 26.2 Å². The maximum atomic E-state index is 12.6. The van der Waals surface area contributed by atoms with E-state index in [0.717, 1.165) is 50.0 Å². The Hall–Kier alpha value is -1.68. The molecule has 1 amide bonds. The van der Waals surface area contributed by atoms with Crippen LogP contribution in [0.4, 0.5) is 0 Å². The number of carbonyl (C=O) groups excluding carboxylic acids is 1. The number of benzene rings is 1. The van der Waals surface area contributed by atoms with Gasteiger partial charge in [-0.15, -0.1) is 0 Å². The van der Waals surface area contributed by atoms with Gasteiger partial charge in [-0.25, -0.2) is 4.99 Å². The third-order valence-corrected chi connectivity index (χ3v) is 8.57. The molecule has 2 rings (SSSR count). The van der Waals surface area contributed by atoms with Crippen LogP contribution in [0.5, 0.6) is 0 Å². The molecule has 0 radical (unpaired) electrons. The number of quaternary nitrogens is 1. The highest BCUT2D eigenvalue weighted by atomic mass is 16.1. The summed E-state index contributed by atoms with van der Waals surface area (Å²) in [5.41, 5.74) is 1.38. The van der Waals surface area contributed by atoms with E-state index in [1.165, 1.54) is 121 Å². The quantitative estimate of drug-likeness (QED) is 0.0974. The van der Waals surface area contributed by atoms with Crippen LogP contribution in [0.25, 0.3) is 0 Å². The number of rotatable bonds is 25. The number of nitrogens with one attached hydrogen (secondary N) is 1. The lowest BCUT2D eigenvalue weighted by Gasteiger charge is -2.35. The van der Waals surface area contributed by atoms with Gasteiger partial charge >= 0.3 is 0 Å². The molecule has 0 aromatic heterocycles. The zero-order valence-electron chi connectivity index (χ0n) is 25.9. The third-order valence-electron chi connectivity index (χ3n) is 8.57. The van der Waals surface area contributed by atoms with Gasteiger partial charge in [-0.3, -0.25) is 9.28 Å². The summed E-state index contributed by atoms with van der Waals surface area (Å²) in [5.74, 6) is 1.60. The summed E-state index contributed by atoms with van der Waals surface area (Å²) in [6.45, 7) is 9.24. The van der Waals surface area contributed by atoms with Crippen molar-refractivity contribution in [3.05, 3.63) is 35.9 Å². The van der Waals surface area contributed by atoms with Crippen LogP contribution < -0.4 is 5.32 Å². The van der Waals surface area contributed by atoms with Gasteiger partial charge in [-0.05, 0) is 12.8 Å². The van der Waals surface area contributed by atoms with Crippen LogP contribution in [0, 0.1) is 0 Å². The Morgan fingerprint density at radius 1 is 0.744 bits per heavy atom. The van der Waals surface area contributed by atoms with Gasteiger partial charge in [0.1, 0.15) is 19.6 Å². The number of amides is 1. The Kier molecular flexibility index (Phi) is 19.0. The first-order valence-corrected chi connectivity index (χ1v) is 16.9. The van der Waals surface area contributed by atoms with Crippen LogP contribution in [-0.2, 0) is 11.3 Å². The SMILES string of the molecule is CCCCCCCCCCCC(=O)NCC[N@@+]1(Cc2ccccc2)CCN=C1CCCCCCCCCCC. The second kappa shape index (κ2) is 22.1. The molecule has 1 aromatic carbocycles. The first-order chi connectivity index (χ1) is 19.2. The first kappa shape index (κ1) is 33.5. The molecule has 0 saturated heterocycles. The van der Waals surface area contributed by atoms with Crippen LogP contribution in [0.2, 0.25) is 0 Å². The third kappa shape index (κ3) is 15.0. The molecule has 1 N–H and O–H groups in total. The molecule has 4 nitrogen and oxygen atoms in total. The molecule has 0 saturated carbocycles. The number of aliphatic imine (C=N–C) groups is 1. The predicted molar refractivity (Wildman–Crippen MR) is 169 cm³/mol. The van der Waals surface area contributed by atoms with Gasteiger partial charge in [0.25, 0.3) is 0 Å². The van der Waals surface area contributed by atoms with E-state index in [2.05, 4.69) is 49.5 Å². The van der Waals surface area contributed by atoms with Crippen molar-refractivity contribution < 1.29 is 9.28 Å². The topological polar surface area (TPSA) is 41.5 Å². The van der Waals surface area contributed by atoms with Gasteiger partial charge in [-0.2, -0.15) is 0 Å². The van der Waals surface area contributed by atoms with Crippen molar-refractivity contribution in [3.63, 3.8) is 0 Å². The lowest BCUT2D eigenvalue weighted by Crippen LogP contribution is -2.53. The summed E-state index contributed by atoms with van der Waals surface area (Å²) >= 11 is 0. The molecule has 0 unspecified atom stereocenters. The average Bonchev–Trinajstić information content (AvgIpc) is 3.33. The fraction of sp³-hybridized carbons (Fsp3) is 0.771. The second-order valence-electron chi connectivity index (χ2n) is 12.0. The molecule has 0 aliphatic carbocycles. The van der Waals surface area contributed by atoms with Crippen molar-refractivity contribution in [1.29, 1.82) is 0 Å². The standard InChI is InChI=1S/C35H61N3O/c1-3-5-7-9-11-13-15-17-22-26-34-36-28-30-38(34,32-33-24-20-19-21-25-33)31-29-37-35(39)27-23-18-16-14-12-10-8-6-4-2/h19-21,24-25H,3-18,22-23,26-32H2,1-2H3/p+1/t38-/m1/s1. The first-order valence-electron chi connectivity index (χ1n) is 16.9. The van der Waals surface area contributed by atoms with Gasteiger partial charge in [0.05, 0.1) is 13.1 Å². The molecular formula is C35H62N3O+. The fourth-order valence-corrected chi connectivity index (χ4v) is 6.08. The number of hydrogen-bond acceptors (Lipinski definition) is 2. The van der Waals surface area contributed by atoms with E-state index in [1.54, 1.807) is 0 Å². The van der Waals surface area contributed by atoms with E-state index in [1.807, 2.05) is 0 Å². The van der Waals surface area contributed by atoms with Crippen molar-refractivity contribution in [3.8, 4) is 0 Å². The van der Waals surface area contributed by atoms with Crippen LogP contribution in [-0.4, -0.2) is 42.4 Å². The molecule has 1 aromatic rings. The lowest BCUT2D eigenvalue weighted by molar-refractivity contribution is -0.849. The monoisotopic (exact) mass is 540 g/mol. The molecule has 1 atom stereocenters. The number of unbranched alkanes of at least 4 members (excludes halogenated alkanes) is 16. The minimum absolute atomic E-state index is 0.229. The molecule has 0 fully saturated rings. The van der Waals surface area contributed by atoms with Crippen molar-refractivity contribution >= 4 is 11.7 Å². The van der Waals surface area contributed by atoms with Gasteiger partial charge in [0.2, 0.25) is 5.91 Å². The maximum absolute atomic E-state index is 12.6. The minimum atomic E-state index is 0.229. The summed E-state index contributed by atoms with van der Waals surface area (Å²) < 4.78 is 0.930. The zero-order chi connectivity index (χ0) is 27.9. The van der Waals surface area contributed by atoms with E-state index in [4.69, 9.17) is 4.99 Å². The van der Waals surface area contributed by atoms with Gasteiger partial charge in [-0.1, -0.05) is 147 Å². The molecule has 1 aliphatic rings. The van der Waals surface area contributed by atoms with E-state index in [-0.39, 0.29) is 5.91 Å². The second-order valence-corrected chi connectivity index (χ2v) is 12.0. The molecular weight excluding hydrogens is 478 g/mol. The molecule has 1 aliphatic heterocycles. The van der Waals surface area contributed by atoms with Crippen molar-refractivity contribution in [1.82, 2.24) is 5.32 Å². The number of carbonyl (C=O) groups is 1. The Morgan fingerprint density at radius 2 is 1.28 bits per heavy atom. The van der Waals surface area contributed by atoms with Gasteiger partial charge in [0.15, 0.2) is 5.84 Å². The maximum Gasteiger partial charge on any atom is 0.220 e. The van der Waals surface area contributed by atoms with Crippen molar-refractivity contribution in [2.24, 2.45) is 4.99 Å². The molecule has 222 valence electrons. The summed E-state index contributed by atoms with van der Waals surface area (Å²) in [7, 11) is 0. The fourth-order valence-electron chi connectivity index (χ4n) is 6.08. The Balaban J connectivity index is 1.71. The average molecular weight is 541 g/mol. The minimum Gasteiger partial charge on any atom is -0.350 e. The largest absolute Gasteiger partial charge is 0.350 e. The highest BCUT2D eigenvalue weighted by Crippen LogP contribution is 2.24. The molecule has 0 bridgehead atoms. The Morgan fingerprint density at radius 3 is 1.87 bits per heavy atom. The summed E-state index contributed by atoms with van der Waals surface area (Å²) in [5, 5.41) is 3.26. The number of amidine groups is 1. The molecule has 0 spiro atoms. The van der Waals surface area contributed by atoms with E-state index in [9.17, 15) is 4.79 Å². The van der Waals surface area contributed by atoms with E-state index < -0.39 is 0 Å². The normalized spacial score (nSPS) is 16.9. The van der Waals surface area contributed by atoms with E-state index in [0.29, 0.717) is 6.42 Å². The molecule has 1 heterocycles. The zero-order valence-corrected chi connectivity index (χ0v) is 25.9. The summed E-state index contributed by atoms with van der Waals surface area (Å²) in [4.78, 5) is 17.6. The van der Waals surface area contributed by atoms with Crippen molar-refractivity contribution in [2.45, 2.75) is 149 Å². The Labute approximate surface area is 242 Å². The summed E-state index contributed by atoms with van der Waals surface area (Å²) in [6.07, 6.45) is 25.6. The van der Waals surface area contributed by atoms with Gasteiger partial charge in [0, 0.05) is 18.4 Å². The lowest BCUT2D eigenvalue weighted by atomic mass is 10.1. The highest BCUT2D eigenvalue weighted by molar-refractivity contribution is 5.77. The number of nitrogens with zero attached hydrogens (tertiary/aromatic N) is 2. The van der Waals surface area contributed by atoms with Crippen LogP contribution >= 0.6 is 0 Å². The highest BCUT2D eigenvalue weighted by Gasteiger charge is 2.37. The summed E-state index contributed by atoms with van der Waals surface area (Å²) in [6, 6.07) is 10.9.